The highest BCUT2D eigenvalue weighted by Crippen LogP contribution is 2.19. The number of nitrogens with zero attached hydrogens (tertiary/aromatic N) is 3. The number of hydrogen-bond acceptors (Lipinski definition) is 4. The molecule has 1 fully saturated rings. The van der Waals surface area contributed by atoms with Crippen molar-refractivity contribution in [3.05, 3.63) is 40.3 Å². The highest BCUT2D eigenvalue weighted by Gasteiger charge is 2.19. The number of thiophene rings is 1. The molecule has 0 radical (unpaired) electrons. The van der Waals surface area contributed by atoms with Crippen molar-refractivity contribution >= 4 is 17.2 Å². The van der Waals surface area contributed by atoms with E-state index in [4.69, 9.17) is 0 Å². The Morgan fingerprint density at radius 3 is 2.88 bits per heavy atom. The Labute approximate surface area is 147 Å². The number of piperidine rings is 1. The van der Waals surface area contributed by atoms with E-state index >= 15 is 0 Å². The van der Waals surface area contributed by atoms with Gasteiger partial charge in [-0.2, -0.15) is 16.4 Å². The summed E-state index contributed by atoms with van der Waals surface area (Å²) in [5.41, 5.74) is 2.54. The van der Waals surface area contributed by atoms with Crippen molar-refractivity contribution in [3.63, 3.8) is 0 Å². The Morgan fingerprint density at radius 1 is 1.38 bits per heavy atom. The second-order valence-electron chi connectivity index (χ2n) is 6.68. The Balaban J connectivity index is 1.30. The van der Waals surface area contributed by atoms with Gasteiger partial charge in [0.25, 0.3) is 0 Å². The fourth-order valence-electron chi connectivity index (χ4n) is 3.19. The van der Waals surface area contributed by atoms with Crippen molar-refractivity contribution in [2.75, 3.05) is 19.6 Å². The third-order valence-electron chi connectivity index (χ3n) is 4.68. The molecule has 0 saturated carbocycles. The number of nitrogens with one attached hydrogen (secondary N) is 1. The fourth-order valence-corrected chi connectivity index (χ4v) is 3.85. The number of amides is 1. The van der Waals surface area contributed by atoms with Crippen LogP contribution < -0.4 is 5.32 Å². The summed E-state index contributed by atoms with van der Waals surface area (Å²) >= 11 is 1.76. The van der Waals surface area contributed by atoms with Gasteiger partial charge in [-0.15, -0.1) is 0 Å². The van der Waals surface area contributed by atoms with Crippen LogP contribution >= 0.6 is 11.3 Å². The molecular weight excluding hydrogens is 320 g/mol. The van der Waals surface area contributed by atoms with E-state index < -0.39 is 0 Å². The number of carbonyl (C=O) groups is 1. The van der Waals surface area contributed by atoms with E-state index in [0.29, 0.717) is 12.3 Å². The van der Waals surface area contributed by atoms with Crippen molar-refractivity contribution in [2.24, 2.45) is 13.0 Å². The van der Waals surface area contributed by atoms with Gasteiger partial charge in [-0.25, -0.2) is 0 Å². The Hall–Kier alpha value is -1.66. The average Bonchev–Trinajstić information content (AvgIpc) is 3.24. The molecule has 3 rings (SSSR count). The minimum absolute atomic E-state index is 0.152. The molecule has 130 valence electrons. The molecule has 1 aliphatic heterocycles. The molecule has 0 aliphatic carbocycles. The first kappa shape index (κ1) is 17.2. The lowest BCUT2D eigenvalue weighted by atomic mass is 9.96. The molecule has 0 aromatic carbocycles. The highest BCUT2D eigenvalue weighted by molar-refractivity contribution is 7.07. The first-order valence-electron chi connectivity index (χ1n) is 8.66. The van der Waals surface area contributed by atoms with Gasteiger partial charge >= 0.3 is 0 Å². The maximum atomic E-state index is 12.0. The molecule has 0 unspecified atom stereocenters. The predicted octanol–water partition coefficient (Wildman–Crippen LogP) is 2.44. The number of hydrogen-bond donors (Lipinski definition) is 1. The van der Waals surface area contributed by atoms with Gasteiger partial charge in [0, 0.05) is 32.8 Å². The molecule has 0 spiro atoms. The summed E-state index contributed by atoms with van der Waals surface area (Å²) in [5.74, 6) is 0.769. The minimum atomic E-state index is 0.152. The van der Waals surface area contributed by atoms with Crippen LogP contribution in [0, 0.1) is 5.92 Å². The molecule has 1 N–H and O–H groups in total. The van der Waals surface area contributed by atoms with Crippen molar-refractivity contribution in [1.82, 2.24) is 20.0 Å². The van der Waals surface area contributed by atoms with Gasteiger partial charge in [0.2, 0.25) is 5.91 Å². The van der Waals surface area contributed by atoms with E-state index in [9.17, 15) is 4.79 Å². The van der Waals surface area contributed by atoms with Crippen molar-refractivity contribution in [3.8, 4) is 0 Å². The summed E-state index contributed by atoms with van der Waals surface area (Å²) in [7, 11) is 1.90. The van der Waals surface area contributed by atoms with Crippen LogP contribution in [0.2, 0.25) is 0 Å². The van der Waals surface area contributed by atoms with E-state index in [1.54, 1.807) is 16.0 Å². The van der Waals surface area contributed by atoms with Crippen molar-refractivity contribution in [2.45, 2.75) is 32.2 Å². The lowest BCUT2D eigenvalue weighted by Gasteiger charge is -2.31. The van der Waals surface area contributed by atoms with Crippen LogP contribution in [-0.4, -0.2) is 40.2 Å². The maximum absolute atomic E-state index is 12.0. The molecule has 3 heterocycles. The predicted molar refractivity (Wildman–Crippen MR) is 96.9 cm³/mol. The average molecular weight is 347 g/mol. The molecule has 2 aromatic heterocycles. The van der Waals surface area contributed by atoms with E-state index in [1.165, 1.54) is 18.4 Å². The van der Waals surface area contributed by atoms with Crippen molar-refractivity contribution in [1.29, 1.82) is 0 Å². The van der Waals surface area contributed by atoms with Gasteiger partial charge in [-0.1, -0.05) is 0 Å². The second-order valence-corrected chi connectivity index (χ2v) is 7.46. The first-order chi connectivity index (χ1) is 11.7. The normalized spacial score (nSPS) is 16.4. The van der Waals surface area contributed by atoms with Crippen molar-refractivity contribution < 1.29 is 4.79 Å². The van der Waals surface area contributed by atoms with E-state index in [-0.39, 0.29) is 5.91 Å². The SMILES string of the molecule is Cn1cc(CCC(=O)NCC2CCN(Cc3ccsc3)CC2)cn1. The molecule has 0 bridgehead atoms. The van der Waals surface area contributed by atoms with Crippen LogP contribution in [0.3, 0.4) is 0 Å². The Kier molecular flexibility index (Phi) is 6.04. The van der Waals surface area contributed by atoms with Gasteiger partial charge in [0.05, 0.1) is 6.20 Å². The van der Waals surface area contributed by atoms with Gasteiger partial charge < -0.3 is 5.32 Å². The largest absolute Gasteiger partial charge is 0.356 e. The number of rotatable bonds is 7. The van der Waals surface area contributed by atoms with Crippen LogP contribution in [-0.2, 0) is 24.8 Å². The third-order valence-corrected chi connectivity index (χ3v) is 5.41. The van der Waals surface area contributed by atoms with Gasteiger partial charge in [0.15, 0.2) is 0 Å². The molecule has 2 aromatic rings. The fraction of sp³-hybridized carbons (Fsp3) is 0.556. The molecule has 1 amide bonds. The molecule has 1 saturated heterocycles. The van der Waals surface area contributed by atoms with Gasteiger partial charge in [-0.3, -0.25) is 14.4 Å². The van der Waals surface area contributed by atoms with Crippen LogP contribution in [0.1, 0.15) is 30.4 Å². The summed E-state index contributed by atoms with van der Waals surface area (Å²) in [6, 6.07) is 2.21. The first-order valence-corrected chi connectivity index (χ1v) is 9.61. The van der Waals surface area contributed by atoms with Crippen LogP contribution in [0.15, 0.2) is 29.2 Å². The zero-order chi connectivity index (χ0) is 16.8. The lowest BCUT2D eigenvalue weighted by Crippen LogP contribution is -2.38. The molecule has 5 nitrogen and oxygen atoms in total. The summed E-state index contributed by atoms with van der Waals surface area (Å²) in [4.78, 5) is 14.5. The summed E-state index contributed by atoms with van der Waals surface area (Å²) in [6.45, 7) is 4.14. The molecule has 0 atom stereocenters. The monoisotopic (exact) mass is 346 g/mol. The van der Waals surface area contributed by atoms with Gasteiger partial charge in [-0.05, 0) is 66.2 Å². The topological polar surface area (TPSA) is 50.2 Å². The van der Waals surface area contributed by atoms with Crippen LogP contribution in [0.5, 0.6) is 0 Å². The number of aromatic nitrogens is 2. The minimum Gasteiger partial charge on any atom is -0.356 e. The maximum Gasteiger partial charge on any atom is 0.220 e. The highest BCUT2D eigenvalue weighted by atomic mass is 32.1. The zero-order valence-electron chi connectivity index (χ0n) is 14.3. The lowest BCUT2D eigenvalue weighted by molar-refractivity contribution is -0.121. The molecule has 1 aliphatic rings. The Morgan fingerprint density at radius 2 is 2.21 bits per heavy atom. The zero-order valence-corrected chi connectivity index (χ0v) is 15.1. The van der Waals surface area contributed by atoms with E-state index in [2.05, 4.69) is 32.1 Å². The van der Waals surface area contributed by atoms with Crippen LogP contribution in [0.25, 0.3) is 0 Å². The molecule has 6 heteroatoms. The summed E-state index contributed by atoms with van der Waals surface area (Å²) in [5, 5.41) is 11.6. The summed E-state index contributed by atoms with van der Waals surface area (Å²) < 4.78 is 1.77. The third kappa shape index (κ3) is 5.18. The number of aryl methyl sites for hydroxylation is 2. The molecule has 24 heavy (non-hydrogen) atoms. The van der Waals surface area contributed by atoms with E-state index in [0.717, 1.165) is 38.2 Å². The summed E-state index contributed by atoms with van der Waals surface area (Å²) in [6.07, 6.45) is 7.45. The molecular formula is C18H26N4OS. The number of carbonyl (C=O) groups excluding carboxylic acids is 1. The Bertz CT molecular complexity index is 629. The second kappa shape index (κ2) is 8.44. The van der Waals surface area contributed by atoms with Gasteiger partial charge in [0.1, 0.15) is 0 Å². The standard InChI is InChI=1S/C18H26N4OS/c1-21-12-16(11-20-21)2-3-18(23)19-10-15-4-7-22(8-5-15)13-17-6-9-24-14-17/h6,9,11-12,14-15H,2-5,7-8,10,13H2,1H3,(H,19,23). The quantitative estimate of drug-likeness (QED) is 0.838. The van der Waals surface area contributed by atoms with Crippen LogP contribution in [0.4, 0.5) is 0 Å². The smallest absolute Gasteiger partial charge is 0.220 e. The van der Waals surface area contributed by atoms with E-state index in [1.807, 2.05) is 19.4 Å². The number of likely N-dealkylation sites (tertiary alicyclic amines) is 1.